The van der Waals surface area contributed by atoms with E-state index in [2.05, 4.69) is 5.32 Å². The fourth-order valence-corrected chi connectivity index (χ4v) is 2.54. The van der Waals surface area contributed by atoms with Crippen LogP contribution in [0.2, 0.25) is 0 Å². The van der Waals surface area contributed by atoms with E-state index in [-0.39, 0.29) is 11.5 Å². The molecule has 0 aromatic heterocycles. The van der Waals surface area contributed by atoms with E-state index in [4.69, 9.17) is 9.84 Å². The molecule has 0 radical (unpaired) electrons. The summed E-state index contributed by atoms with van der Waals surface area (Å²) in [5, 5.41) is 11.8. The quantitative estimate of drug-likeness (QED) is 0.721. The second-order valence-corrected chi connectivity index (χ2v) is 5.96. The molecule has 0 bridgehead atoms. The molecular weight excluding hydrogens is 318 g/mol. The minimum Gasteiger partial charge on any atom is -0.493 e. The Morgan fingerprint density at radius 1 is 1.08 bits per heavy atom. The number of ether oxygens (including phenoxy) is 1. The van der Waals surface area contributed by atoms with Crippen molar-refractivity contribution in [1.82, 2.24) is 5.32 Å². The van der Waals surface area contributed by atoms with Crippen molar-refractivity contribution < 1.29 is 19.4 Å². The maximum atomic E-state index is 11.9. The molecule has 132 valence electrons. The summed E-state index contributed by atoms with van der Waals surface area (Å²) in [5.74, 6) is -0.170. The number of rotatable bonds is 8. The molecule has 0 heterocycles. The van der Waals surface area contributed by atoms with Gasteiger partial charge in [-0.05, 0) is 49.1 Å². The van der Waals surface area contributed by atoms with Gasteiger partial charge in [-0.15, -0.1) is 0 Å². The summed E-state index contributed by atoms with van der Waals surface area (Å²) >= 11 is 0. The molecule has 0 atom stereocenters. The van der Waals surface area contributed by atoms with Crippen LogP contribution in [0.5, 0.6) is 5.75 Å². The van der Waals surface area contributed by atoms with E-state index < -0.39 is 5.97 Å². The van der Waals surface area contributed by atoms with E-state index >= 15 is 0 Å². The first kappa shape index (κ1) is 18.5. The Hall–Kier alpha value is -2.82. The molecule has 5 heteroatoms. The Labute approximate surface area is 147 Å². The number of aryl methyl sites for hydroxylation is 2. The summed E-state index contributed by atoms with van der Waals surface area (Å²) in [6.07, 6.45) is 0.984. The van der Waals surface area contributed by atoms with Crippen molar-refractivity contribution >= 4 is 11.9 Å². The zero-order valence-electron chi connectivity index (χ0n) is 14.5. The van der Waals surface area contributed by atoms with E-state index in [1.54, 1.807) is 18.2 Å². The Bertz CT molecular complexity index is 735. The monoisotopic (exact) mass is 341 g/mol. The van der Waals surface area contributed by atoms with Crippen LogP contribution in [-0.4, -0.2) is 23.6 Å². The zero-order chi connectivity index (χ0) is 18.2. The molecule has 5 nitrogen and oxygen atoms in total. The Kier molecular flexibility index (Phi) is 6.57. The fourth-order valence-electron chi connectivity index (χ4n) is 2.54. The zero-order valence-corrected chi connectivity index (χ0v) is 14.5. The maximum Gasteiger partial charge on any atom is 0.335 e. The SMILES string of the molecule is Cc1cccc(C)c1OCCCC(=O)NCc1cccc(C(=O)O)c1. The third-order valence-electron chi connectivity index (χ3n) is 3.87. The second kappa shape index (κ2) is 8.87. The van der Waals surface area contributed by atoms with Crippen LogP contribution in [0.3, 0.4) is 0 Å². The number of benzene rings is 2. The highest BCUT2D eigenvalue weighted by molar-refractivity contribution is 5.87. The van der Waals surface area contributed by atoms with Gasteiger partial charge in [0.1, 0.15) is 5.75 Å². The lowest BCUT2D eigenvalue weighted by Crippen LogP contribution is -2.23. The number of carboxylic acids is 1. The first-order valence-corrected chi connectivity index (χ1v) is 8.25. The molecule has 2 N–H and O–H groups in total. The number of para-hydroxylation sites is 1. The van der Waals surface area contributed by atoms with Gasteiger partial charge in [0.25, 0.3) is 0 Å². The van der Waals surface area contributed by atoms with Crippen LogP contribution < -0.4 is 10.1 Å². The van der Waals surface area contributed by atoms with Gasteiger partial charge < -0.3 is 15.2 Å². The molecule has 25 heavy (non-hydrogen) atoms. The first-order chi connectivity index (χ1) is 12.0. The molecule has 2 aromatic carbocycles. The van der Waals surface area contributed by atoms with Gasteiger partial charge in [0.05, 0.1) is 12.2 Å². The van der Waals surface area contributed by atoms with Crippen molar-refractivity contribution in [2.45, 2.75) is 33.2 Å². The summed E-state index contributed by atoms with van der Waals surface area (Å²) in [6.45, 7) is 4.80. The summed E-state index contributed by atoms with van der Waals surface area (Å²) in [7, 11) is 0. The summed E-state index contributed by atoms with van der Waals surface area (Å²) in [5.41, 5.74) is 3.15. The Morgan fingerprint density at radius 2 is 1.76 bits per heavy atom. The van der Waals surface area contributed by atoms with Gasteiger partial charge >= 0.3 is 5.97 Å². The molecule has 0 saturated heterocycles. The lowest BCUT2D eigenvalue weighted by Gasteiger charge is -2.12. The van der Waals surface area contributed by atoms with Gasteiger partial charge in [-0.2, -0.15) is 0 Å². The van der Waals surface area contributed by atoms with E-state index in [1.165, 1.54) is 6.07 Å². The van der Waals surface area contributed by atoms with Crippen LogP contribution in [0, 0.1) is 13.8 Å². The molecular formula is C20H23NO4. The fraction of sp³-hybridized carbons (Fsp3) is 0.300. The van der Waals surface area contributed by atoms with Crippen LogP contribution in [-0.2, 0) is 11.3 Å². The first-order valence-electron chi connectivity index (χ1n) is 8.25. The third-order valence-corrected chi connectivity index (χ3v) is 3.87. The molecule has 0 fully saturated rings. The van der Waals surface area contributed by atoms with Crippen molar-refractivity contribution in [2.24, 2.45) is 0 Å². The van der Waals surface area contributed by atoms with Crippen LogP contribution in [0.1, 0.15) is 39.9 Å². The molecule has 0 unspecified atom stereocenters. The molecule has 1 amide bonds. The molecule has 0 spiro atoms. The minimum absolute atomic E-state index is 0.0779. The van der Waals surface area contributed by atoms with Crippen LogP contribution in [0.4, 0.5) is 0 Å². The van der Waals surface area contributed by atoms with Crippen LogP contribution in [0.15, 0.2) is 42.5 Å². The Morgan fingerprint density at radius 3 is 2.44 bits per heavy atom. The van der Waals surface area contributed by atoms with Crippen molar-refractivity contribution in [2.75, 3.05) is 6.61 Å². The molecule has 2 aromatic rings. The van der Waals surface area contributed by atoms with Gasteiger partial charge in [0.2, 0.25) is 5.91 Å². The van der Waals surface area contributed by atoms with Crippen LogP contribution in [0.25, 0.3) is 0 Å². The van der Waals surface area contributed by atoms with Gasteiger partial charge in [-0.1, -0.05) is 30.3 Å². The highest BCUT2D eigenvalue weighted by atomic mass is 16.5. The van der Waals surface area contributed by atoms with E-state index in [1.807, 2.05) is 32.0 Å². The van der Waals surface area contributed by atoms with Gasteiger partial charge in [0.15, 0.2) is 0 Å². The third kappa shape index (κ3) is 5.64. The van der Waals surface area contributed by atoms with Crippen molar-refractivity contribution in [1.29, 1.82) is 0 Å². The smallest absolute Gasteiger partial charge is 0.335 e. The minimum atomic E-state index is -0.975. The van der Waals surface area contributed by atoms with Gasteiger partial charge in [0, 0.05) is 13.0 Å². The predicted octanol–water partition coefficient (Wildman–Crippen LogP) is 3.48. The molecule has 0 saturated carbocycles. The molecule has 0 aliphatic heterocycles. The molecule has 0 aliphatic rings. The lowest BCUT2D eigenvalue weighted by molar-refractivity contribution is -0.121. The van der Waals surface area contributed by atoms with Crippen LogP contribution >= 0.6 is 0 Å². The number of hydrogen-bond donors (Lipinski definition) is 2. The van der Waals surface area contributed by atoms with E-state index in [0.717, 1.165) is 22.4 Å². The topological polar surface area (TPSA) is 75.6 Å². The second-order valence-electron chi connectivity index (χ2n) is 5.96. The molecule has 2 rings (SSSR count). The number of nitrogens with one attached hydrogen (secondary N) is 1. The van der Waals surface area contributed by atoms with Gasteiger partial charge in [-0.3, -0.25) is 4.79 Å². The summed E-state index contributed by atoms with van der Waals surface area (Å²) < 4.78 is 5.78. The molecule has 0 aliphatic carbocycles. The van der Waals surface area contributed by atoms with Crippen molar-refractivity contribution in [3.8, 4) is 5.75 Å². The van der Waals surface area contributed by atoms with E-state index in [0.29, 0.717) is 26.0 Å². The Balaban J connectivity index is 1.72. The number of carbonyl (C=O) groups excluding carboxylic acids is 1. The largest absolute Gasteiger partial charge is 0.493 e. The highest BCUT2D eigenvalue weighted by Gasteiger charge is 2.06. The number of aromatic carboxylic acids is 1. The average Bonchev–Trinajstić information content (AvgIpc) is 2.59. The summed E-state index contributed by atoms with van der Waals surface area (Å²) in [6, 6.07) is 12.5. The summed E-state index contributed by atoms with van der Waals surface area (Å²) in [4.78, 5) is 22.8. The van der Waals surface area contributed by atoms with Crippen molar-refractivity contribution in [3.05, 3.63) is 64.7 Å². The van der Waals surface area contributed by atoms with Crippen molar-refractivity contribution in [3.63, 3.8) is 0 Å². The van der Waals surface area contributed by atoms with Gasteiger partial charge in [-0.25, -0.2) is 4.79 Å². The number of carbonyl (C=O) groups is 2. The number of carboxylic acid groups (broad SMARTS) is 1. The lowest BCUT2D eigenvalue weighted by atomic mass is 10.1. The standard InChI is InChI=1S/C20H23NO4/c1-14-6-3-7-15(2)19(14)25-11-5-10-18(22)21-13-16-8-4-9-17(12-16)20(23)24/h3-4,6-9,12H,5,10-11,13H2,1-2H3,(H,21,22)(H,23,24). The predicted molar refractivity (Wildman–Crippen MR) is 95.9 cm³/mol. The number of hydrogen-bond acceptors (Lipinski definition) is 3. The maximum absolute atomic E-state index is 11.9. The highest BCUT2D eigenvalue weighted by Crippen LogP contribution is 2.22. The van der Waals surface area contributed by atoms with E-state index in [9.17, 15) is 9.59 Å². The average molecular weight is 341 g/mol. The number of amides is 1. The normalized spacial score (nSPS) is 10.3.